The lowest BCUT2D eigenvalue weighted by Crippen LogP contribution is -2.30. The first-order valence-electron chi connectivity index (χ1n) is 6.85. The number of hydrogen-bond donors (Lipinski definition) is 1. The molecule has 17 heavy (non-hydrogen) atoms. The van der Waals surface area contributed by atoms with Gasteiger partial charge in [0.1, 0.15) is 0 Å². The van der Waals surface area contributed by atoms with Gasteiger partial charge in [-0.1, -0.05) is 26.0 Å². The first-order valence-corrected chi connectivity index (χ1v) is 6.85. The summed E-state index contributed by atoms with van der Waals surface area (Å²) in [5.74, 6) is 0.685. The highest BCUT2D eigenvalue weighted by Crippen LogP contribution is 2.28. The molecule has 0 radical (unpaired) electrons. The molecule has 0 aliphatic carbocycles. The Morgan fingerprint density at radius 1 is 1.12 bits per heavy atom. The minimum Gasteiger partial charge on any atom is -0.383 e. The first-order chi connectivity index (χ1) is 8.27. The minimum atomic E-state index is 0.685. The number of benzene rings is 1. The molecule has 0 aromatic heterocycles. The van der Waals surface area contributed by atoms with Crippen LogP contribution in [0.1, 0.15) is 33.1 Å². The quantitative estimate of drug-likeness (QED) is 0.850. The largest absolute Gasteiger partial charge is 0.383 e. The highest BCUT2D eigenvalue weighted by Gasteiger charge is 2.13. The van der Waals surface area contributed by atoms with Gasteiger partial charge in [-0.15, -0.1) is 0 Å². The molecule has 0 amide bonds. The van der Waals surface area contributed by atoms with Crippen LogP contribution in [-0.2, 0) is 0 Å². The number of hydrogen-bond acceptors (Lipinski definition) is 2. The van der Waals surface area contributed by atoms with Crippen LogP contribution in [0.4, 0.5) is 11.4 Å². The SMILES string of the molecule is CC(C)CNc1ccccc1N1CCCCC1. The van der Waals surface area contributed by atoms with Gasteiger partial charge in [-0.05, 0) is 37.3 Å². The van der Waals surface area contributed by atoms with Crippen molar-refractivity contribution in [3.8, 4) is 0 Å². The van der Waals surface area contributed by atoms with Gasteiger partial charge in [0.2, 0.25) is 0 Å². The van der Waals surface area contributed by atoms with E-state index in [1.54, 1.807) is 0 Å². The van der Waals surface area contributed by atoms with Crippen LogP contribution >= 0.6 is 0 Å². The summed E-state index contributed by atoms with van der Waals surface area (Å²) in [6, 6.07) is 8.71. The highest BCUT2D eigenvalue weighted by atomic mass is 15.1. The summed E-state index contributed by atoms with van der Waals surface area (Å²) < 4.78 is 0. The third kappa shape index (κ3) is 3.39. The molecule has 2 heteroatoms. The van der Waals surface area contributed by atoms with E-state index in [0.29, 0.717) is 5.92 Å². The second kappa shape index (κ2) is 5.95. The van der Waals surface area contributed by atoms with Gasteiger partial charge in [-0.2, -0.15) is 0 Å². The molecule has 94 valence electrons. The fraction of sp³-hybridized carbons (Fsp3) is 0.600. The zero-order chi connectivity index (χ0) is 12.1. The molecule has 0 bridgehead atoms. The Kier molecular flexibility index (Phi) is 4.29. The molecule has 1 aromatic carbocycles. The molecule has 0 saturated carbocycles. The van der Waals surface area contributed by atoms with Gasteiger partial charge in [-0.3, -0.25) is 0 Å². The van der Waals surface area contributed by atoms with Gasteiger partial charge in [0, 0.05) is 19.6 Å². The van der Waals surface area contributed by atoms with E-state index in [1.165, 1.54) is 43.7 Å². The van der Waals surface area contributed by atoms with Crippen LogP contribution in [0.25, 0.3) is 0 Å². The molecule has 2 nitrogen and oxygen atoms in total. The molecule has 0 spiro atoms. The average molecular weight is 232 g/mol. The number of piperidine rings is 1. The molecule has 1 aliphatic heterocycles. The van der Waals surface area contributed by atoms with Crippen molar-refractivity contribution in [2.75, 3.05) is 29.9 Å². The molecule has 0 unspecified atom stereocenters. The highest BCUT2D eigenvalue weighted by molar-refractivity contribution is 5.70. The van der Waals surface area contributed by atoms with Gasteiger partial charge in [0.05, 0.1) is 11.4 Å². The average Bonchev–Trinajstić information content (AvgIpc) is 2.38. The van der Waals surface area contributed by atoms with Crippen LogP contribution in [0, 0.1) is 5.92 Å². The van der Waals surface area contributed by atoms with E-state index in [9.17, 15) is 0 Å². The van der Waals surface area contributed by atoms with Gasteiger partial charge in [0.15, 0.2) is 0 Å². The molecular weight excluding hydrogens is 208 g/mol. The predicted molar refractivity (Wildman–Crippen MR) is 75.8 cm³/mol. The summed E-state index contributed by atoms with van der Waals surface area (Å²) >= 11 is 0. The zero-order valence-electron chi connectivity index (χ0n) is 11.1. The second-order valence-electron chi connectivity index (χ2n) is 5.34. The summed E-state index contributed by atoms with van der Waals surface area (Å²) in [6.07, 6.45) is 4.05. The normalized spacial score (nSPS) is 16.3. The number of rotatable bonds is 4. The Balaban J connectivity index is 2.09. The van der Waals surface area contributed by atoms with Crippen LogP contribution in [0.5, 0.6) is 0 Å². The van der Waals surface area contributed by atoms with Gasteiger partial charge >= 0.3 is 0 Å². The molecular formula is C15H24N2. The molecule has 1 aliphatic rings. The monoisotopic (exact) mass is 232 g/mol. The van der Waals surface area contributed by atoms with Crippen LogP contribution in [0.15, 0.2) is 24.3 Å². The Bertz CT molecular complexity index is 341. The lowest BCUT2D eigenvalue weighted by Gasteiger charge is -2.30. The van der Waals surface area contributed by atoms with Crippen molar-refractivity contribution < 1.29 is 0 Å². The molecule has 1 fully saturated rings. The second-order valence-corrected chi connectivity index (χ2v) is 5.34. The van der Waals surface area contributed by atoms with E-state index in [1.807, 2.05) is 0 Å². The zero-order valence-corrected chi connectivity index (χ0v) is 11.1. The summed E-state index contributed by atoms with van der Waals surface area (Å²) in [6.45, 7) is 7.96. The fourth-order valence-corrected chi connectivity index (χ4v) is 2.35. The Hall–Kier alpha value is -1.18. The number of nitrogens with one attached hydrogen (secondary N) is 1. The smallest absolute Gasteiger partial charge is 0.0602 e. The van der Waals surface area contributed by atoms with Crippen molar-refractivity contribution in [3.63, 3.8) is 0 Å². The van der Waals surface area contributed by atoms with Crippen molar-refractivity contribution in [1.82, 2.24) is 0 Å². The maximum absolute atomic E-state index is 3.57. The standard InChI is InChI=1S/C15H24N2/c1-13(2)12-16-14-8-4-5-9-15(14)17-10-6-3-7-11-17/h4-5,8-9,13,16H,3,6-7,10-12H2,1-2H3. The third-order valence-corrected chi connectivity index (χ3v) is 3.30. The van der Waals surface area contributed by atoms with Crippen molar-refractivity contribution in [2.45, 2.75) is 33.1 Å². The van der Waals surface area contributed by atoms with E-state index in [0.717, 1.165) is 6.54 Å². The van der Waals surface area contributed by atoms with E-state index in [-0.39, 0.29) is 0 Å². The summed E-state index contributed by atoms with van der Waals surface area (Å²) in [4.78, 5) is 2.52. The van der Waals surface area contributed by atoms with E-state index in [4.69, 9.17) is 0 Å². The molecule has 1 aromatic rings. The van der Waals surface area contributed by atoms with E-state index in [2.05, 4.69) is 48.3 Å². The number of para-hydroxylation sites is 2. The lowest BCUT2D eigenvalue weighted by molar-refractivity contribution is 0.578. The maximum Gasteiger partial charge on any atom is 0.0602 e. The molecule has 1 saturated heterocycles. The Labute approximate surface area is 105 Å². The van der Waals surface area contributed by atoms with Crippen LogP contribution < -0.4 is 10.2 Å². The lowest BCUT2D eigenvalue weighted by atomic mass is 10.1. The topological polar surface area (TPSA) is 15.3 Å². The van der Waals surface area contributed by atoms with Crippen molar-refractivity contribution in [2.24, 2.45) is 5.92 Å². The van der Waals surface area contributed by atoms with Crippen LogP contribution in [0.2, 0.25) is 0 Å². The van der Waals surface area contributed by atoms with Gasteiger partial charge < -0.3 is 10.2 Å². The number of nitrogens with zero attached hydrogens (tertiary/aromatic N) is 1. The van der Waals surface area contributed by atoms with Crippen molar-refractivity contribution in [1.29, 1.82) is 0 Å². The van der Waals surface area contributed by atoms with Crippen LogP contribution in [-0.4, -0.2) is 19.6 Å². The van der Waals surface area contributed by atoms with Gasteiger partial charge in [-0.25, -0.2) is 0 Å². The minimum absolute atomic E-state index is 0.685. The third-order valence-electron chi connectivity index (χ3n) is 3.30. The first kappa shape index (κ1) is 12.3. The fourth-order valence-electron chi connectivity index (χ4n) is 2.35. The summed E-state index contributed by atoms with van der Waals surface area (Å²) in [5.41, 5.74) is 2.68. The molecule has 1 heterocycles. The molecule has 2 rings (SSSR count). The van der Waals surface area contributed by atoms with Crippen molar-refractivity contribution >= 4 is 11.4 Å². The van der Waals surface area contributed by atoms with Crippen LogP contribution in [0.3, 0.4) is 0 Å². The summed E-state index contributed by atoms with van der Waals surface area (Å²) in [5, 5.41) is 3.57. The Morgan fingerprint density at radius 2 is 1.82 bits per heavy atom. The summed E-state index contributed by atoms with van der Waals surface area (Å²) in [7, 11) is 0. The van der Waals surface area contributed by atoms with Crippen molar-refractivity contribution in [3.05, 3.63) is 24.3 Å². The maximum atomic E-state index is 3.57. The Morgan fingerprint density at radius 3 is 2.53 bits per heavy atom. The predicted octanol–water partition coefficient (Wildman–Crippen LogP) is 3.74. The molecule has 0 atom stereocenters. The van der Waals surface area contributed by atoms with E-state index >= 15 is 0 Å². The number of anilines is 2. The van der Waals surface area contributed by atoms with Gasteiger partial charge in [0.25, 0.3) is 0 Å². The van der Waals surface area contributed by atoms with E-state index < -0.39 is 0 Å². The molecule has 1 N–H and O–H groups in total.